The summed E-state index contributed by atoms with van der Waals surface area (Å²) >= 11 is 0. The first-order chi connectivity index (χ1) is 11.1. The van der Waals surface area contributed by atoms with Gasteiger partial charge in [-0.05, 0) is 18.2 Å². The molecule has 3 aromatic rings. The Labute approximate surface area is 131 Å². The molecule has 4 rings (SSSR count). The Morgan fingerprint density at radius 3 is 3.00 bits per heavy atom. The van der Waals surface area contributed by atoms with E-state index in [2.05, 4.69) is 10.3 Å². The molecule has 0 saturated heterocycles. The molecular formula is C17H15F2N3O. The number of nitrogens with one attached hydrogen (secondary N) is 1. The van der Waals surface area contributed by atoms with Crippen molar-refractivity contribution in [2.45, 2.75) is 19.2 Å². The van der Waals surface area contributed by atoms with E-state index in [-0.39, 0.29) is 6.54 Å². The molecule has 1 aliphatic rings. The zero-order valence-electron chi connectivity index (χ0n) is 12.3. The number of halogens is 2. The highest BCUT2D eigenvalue weighted by Gasteiger charge is 2.26. The van der Waals surface area contributed by atoms with Crippen molar-refractivity contribution in [3.63, 3.8) is 0 Å². The van der Waals surface area contributed by atoms with Crippen molar-refractivity contribution in [2.75, 3.05) is 6.54 Å². The Balaban J connectivity index is 1.90. The van der Waals surface area contributed by atoms with Gasteiger partial charge in [-0.3, -0.25) is 0 Å². The minimum atomic E-state index is -0.621. The summed E-state index contributed by atoms with van der Waals surface area (Å²) in [6, 6.07) is 7.30. The van der Waals surface area contributed by atoms with Crippen LogP contribution in [0.1, 0.15) is 22.9 Å². The van der Waals surface area contributed by atoms with Gasteiger partial charge in [-0.25, -0.2) is 13.8 Å². The van der Waals surface area contributed by atoms with Gasteiger partial charge in [-0.15, -0.1) is 0 Å². The van der Waals surface area contributed by atoms with Crippen LogP contribution in [0.3, 0.4) is 0 Å². The molecule has 0 amide bonds. The number of aliphatic hydroxyl groups is 1. The van der Waals surface area contributed by atoms with E-state index in [0.717, 1.165) is 22.7 Å². The van der Waals surface area contributed by atoms with Crippen molar-refractivity contribution in [3.05, 3.63) is 65.0 Å². The number of β-amino-alcohol motifs (C(OH)–C–C–N with tert-alkyl or cyclic N) is 1. The molecule has 4 nitrogen and oxygen atoms in total. The van der Waals surface area contributed by atoms with E-state index < -0.39 is 17.7 Å². The number of aromatic nitrogens is 2. The monoisotopic (exact) mass is 315 g/mol. The van der Waals surface area contributed by atoms with E-state index in [4.69, 9.17) is 0 Å². The van der Waals surface area contributed by atoms with Gasteiger partial charge in [0.15, 0.2) is 0 Å². The Kier molecular flexibility index (Phi) is 3.36. The van der Waals surface area contributed by atoms with E-state index in [1.165, 1.54) is 12.1 Å². The number of nitrogens with zero attached hydrogens (tertiary/aromatic N) is 2. The van der Waals surface area contributed by atoms with Gasteiger partial charge < -0.3 is 15.0 Å². The van der Waals surface area contributed by atoms with Gasteiger partial charge in [-0.1, -0.05) is 6.07 Å². The van der Waals surface area contributed by atoms with Gasteiger partial charge in [0, 0.05) is 47.6 Å². The van der Waals surface area contributed by atoms with Crippen LogP contribution in [0.25, 0.3) is 11.0 Å². The first kappa shape index (κ1) is 14.3. The Morgan fingerprint density at radius 2 is 2.17 bits per heavy atom. The summed E-state index contributed by atoms with van der Waals surface area (Å²) in [5.41, 5.74) is 2.82. The second-order valence-corrected chi connectivity index (χ2v) is 5.70. The van der Waals surface area contributed by atoms with Gasteiger partial charge in [0.05, 0.1) is 12.6 Å². The molecule has 1 unspecified atom stereocenters. The van der Waals surface area contributed by atoms with Crippen LogP contribution in [-0.2, 0) is 13.1 Å². The van der Waals surface area contributed by atoms with Gasteiger partial charge in [0.25, 0.3) is 0 Å². The van der Waals surface area contributed by atoms with Crippen molar-refractivity contribution in [3.8, 4) is 0 Å². The molecule has 118 valence electrons. The molecule has 0 saturated carbocycles. The first-order valence-corrected chi connectivity index (χ1v) is 7.44. The van der Waals surface area contributed by atoms with E-state index in [1.54, 1.807) is 6.20 Å². The fourth-order valence-electron chi connectivity index (χ4n) is 3.23. The minimum absolute atomic E-state index is 0.239. The summed E-state index contributed by atoms with van der Waals surface area (Å²) in [7, 11) is 0. The predicted octanol–water partition coefficient (Wildman–Crippen LogP) is 2.50. The highest BCUT2D eigenvalue weighted by Crippen LogP contribution is 2.33. The molecule has 1 aliphatic heterocycles. The minimum Gasteiger partial charge on any atom is -0.387 e. The Morgan fingerprint density at radius 1 is 1.30 bits per heavy atom. The fourth-order valence-corrected chi connectivity index (χ4v) is 3.23. The fraction of sp³-hybridized carbons (Fsp3) is 0.235. The molecule has 0 bridgehead atoms. The normalized spacial score (nSPS) is 17.4. The average molecular weight is 315 g/mol. The Hall–Kier alpha value is -2.31. The van der Waals surface area contributed by atoms with Crippen molar-refractivity contribution in [1.29, 1.82) is 0 Å². The molecule has 0 radical (unpaired) electrons. The lowest BCUT2D eigenvalue weighted by molar-refractivity contribution is 0.165. The maximum atomic E-state index is 14.0. The zero-order valence-corrected chi connectivity index (χ0v) is 12.3. The van der Waals surface area contributed by atoms with Crippen LogP contribution in [0.15, 0.2) is 36.5 Å². The van der Waals surface area contributed by atoms with Crippen molar-refractivity contribution < 1.29 is 13.9 Å². The molecule has 6 heteroatoms. The maximum absolute atomic E-state index is 14.0. The quantitative estimate of drug-likeness (QED) is 0.764. The van der Waals surface area contributed by atoms with Gasteiger partial charge in [-0.2, -0.15) is 0 Å². The largest absolute Gasteiger partial charge is 0.387 e. The van der Waals surface area contributed by atoms with Gasteiger partial charge >= 0.3 is 0 Å². The lowest BCUT2D eigenvalue weighted by Crippen LogP contribution is -2.29. The number of aliphatic hydroxyl groups excluding tert-OH is 1. The van der Waals surface area contributed by atoms with Gasteiger partial charge in [0.1, 0.15) is 17.3 Å². The third-order valence-corrected chi connectivity index (χ3v) is 4.28. The number of pyridine rings is 1. The highest BCUT2D eigenvalue weighted by molar-refractivity contribution is 5.83. The first-order valence-electron chi connectivity index (χ1n) is 7.44. The predicted molar refractivity (Wildman–Crippen MR) is 81.9 cm³/mol. The topological polar surface area (TPSA) is 50.1 Å². The molecule has 1 atom stereocenters. The van der Waals surface area contributed by atoms with Crippen LogP contribution >= 0.6 is 0 Å². The summed E-state index contributed by atoms with van der Waals surface area (Å²) in [5, 5.41) is 14.3. The summed E-state index contributed by atoms with van der Waals surface area (Å²) in [6.45, 7) is 1.29. The third-order valence-electron chi connectivity index (χ3n) is 4.28. The SMILES string of the molecule is OC1CNCc2c1c1cccnc1n2Cc1ccc(F)cc1F. The van der Waals surface area contributed by atoms with Crippen LogP contribution in [0.5, 0.6) is 0 Å². The number of benzene rings is 1. The number of fused-ring (bicyclic) bond motifs is 3. The second-order valence-electron chi connectivity index (χ2n) is 5.70. The van der Waals surface area contributed by atoms with Crippen molar-refractivity contribution in [2.24, 2.45) is 0 Å². The third kappa shape index (κ3) is 2.31. The number of hydrogen-bond donors (Lipinski definition) is 2. The number of hydrogen-bond acceptors (Lipinski definition) is 3. The number of rotatable bonds is 2. The van der Waals surface area contributed by atoms with Gasteiger partial charge in [0.2, 0.25) is 0 Å². The summed E-state index contributed by atoms with van der Waals surface area (Å²) in [4.78, 5) is 4.39. The van der Waals surface area contributed by atoms with Crippen LogP contribution in [0.4, 0.5) is 8.78 Å². The van der Waals surface area contributed by atoms with Crippen LogP contribution < -0.4 is 5.32 Å². The molecule has 2 N–H and O–H groups in total. The van der Waals surface area contributed by atoms with Crippen LogP contribution in [0, 0.1) is 11.6 Å². The smallest absolute Gasteiger partial charge is 0.140 e. The molecule has 0 spiro atoms. The summed E-state index contributed by atoms with van der Waals surface area (Å²) in [6.07, 6.45) is 1.05. The molecule has 23 heavy (non-hydrogen) atoms. The van der Waals surface area contributed by atoms with E-state index >= 15 is 0 Å². The molecular weight excluding hydrogens is 300 g/mol. The molecule has 1 aromatic carbocycles. The average Bonchev–Trinajstić information content (AvgIpc) is 2.86. The zero-order chi connectivity index (χ0) is 16.0. The summed E-state index contributed by atoms with van der Waals surface area (Å²) < 4.78 is 29.0. The van der Waals surface area contributed by atoms with E-state index in [9.17, 15) is 13.9 Å². The van der Waals surface area contributed by atoms with Crippen molar-refractivity contribution >= 4 is 11.0 Å². The Bertz CT molecular complexity index is 891. The lowest BCUT2D eigenvalue weighted by Gasteiger charge is -2.21. The standard InChI is InChI=1S/C17H15F2N3O/c18-11-4-3-10(13(19)6-11)9-22-14-7-20-8-15(23)16(14)12-2-1-5-21-17(12)22/h1-6,15,20,23H,7-9H2. The second kappa shape index (κ2) is 5.40. The van der Waals surface area contributed by atoms with E-state index in [0.29, 0.717) is 24.3 Å². The van der Waals surface area contributed by atoms with Crippen LogP contribution in [0.2, 0.25) is 0 Å². The molecule has 0 aliphatic carbocycles. The molecule has 2 aromatic heterocycles. The maximum Gasteiger partial charge on any atom is 0.140 e. The molecule has 0 fully saturated rings. The van der Waals surface area contributed by atoms with Crippen molar-refractivity contribution in [1.82, 2.24) is 14.9 Å². The van der Waals surface area contributed by atoms with E-state index in [1.807, 2.05) is 16.7 Å². The highest BCUT2D eigenvalue weighted by atomic mass is 19.1. The summed E-state index contributed by atoms with van der Waals surface area (Å²) in [5.74, 6) is -1.18. The molecule has 3 heterocycles. The lowest BCUT2D eigenvalue weighted by atomic mass is 10.0. The van der Waals surface area contributed by atoms with Crippen LogP contribution in [-0.4, -0.2) is 21.2 Å².